The van der Waals surface area contributed by atoms with Gasteiger partial charge in [0, 0.05) is 12.6 Å². The molecule has 19 heavy (non-hydrogen) atoms. The van der Waals surface area contributed by atoms with Crippen molar-refractivity contribution in [3.63, 3.8) is 0 Å². The van der Waals surface area contributed by atoms with Crippen molar-refractivity contribution >= 4 is 5.97 Å². The minimum Gasteiger partial charge on any atom is -0.460 e. The second-order valence-corrected chi connectivity index (χ2v) is 5.14. The monoisotopic (exact) mass is 275 g/mol. The van der Waals surface area contributed by atoms with Crippen LogP contribution in [0.15, 0.2) is 18.3 Å². The van der Waals surface area contributed by atoms with Crippen LogP contribution >= 0.6 is 0 Å². The predicted molar refractivity (Wildman–Crippen MR) is 63.4 cm³/mol. The van der Waals surface area contributed by atoms with E-state index in [9.17, 15) is 18.0 Å². The van der Waals surface area contributed by atoms with Gasteiger partial charge in [0.1, 0.15) is 11.3 Å². The predicted octanol–water partition coefficient (Wildman–Crippen LogP) is 3.37. The molecule has 0 N–H and O–H groups in total. The number of rotatable bonds is 3. The van der Waals surface area contributed by atoms with E-state index in [2.05, 4.69) is 4.98 Å². The third kappa shape index (κ3) is 5.72. The molecule has 0 radical (unpaired) electrons. The lowest BCUT2D eigenvalue weighted by molar-refractivity contribution is -0.154. The van der Waals surface area contributed by atoms with Crippen LogP contribution in [-0.2, 0) is 22.1 Å². The average molecular weight is 275 g/mol. The molecule has 0 aliphatic rings. The maximum absolute atomic E-state index is 12.3. The summed E-state index contributed by atoms with van der Waals surface area (Å²) in [4.78, 5) is 14.8. The summed E-state index contributed by atoms with van der Waals surface area (Å²) in [7, 11) is 0. The number of nitrogens with zero attached hydrogens (tertiary/aromatic N) is 1. The zero-order valence-corrected chi connectivity index (χ0v) is 11.0. The van der Waals surface area contributed by atoms with Crippen LogP contribution in [0.1, 0.15) is 38.4 Å². The molecule has 1 rings (SSSR count). The Hall–Kier alpha value is -1.59. The van der Waals surface area contributed by atoms with Crippen molar-refractivity contribution in [2.24, 2.45) is 0 Å². The number of carbonyl (C=O) groups is 1. The standard InChI is InChI=1S/C13H16F3NO2/c1-12(2,3)19-11(18)7-5-9-4-6-10(17-8-9)13(14,15)16/h4,6,8H,5,7H2,1-3H3. The van der Waals surface area contributed by atoms with Crippen molar-refractivity contribution in [2.45, 2.75) is 45.4 Å². The number of ether oxygens (including phenoxy) is 1. The molecule has 0 bridgehead atoms. The summed E-state index contributed by atoms with van der Waals surface area (Å²) < 4.78 is 41.9. The van der Waals surface area contributed by atoms with Crippen molar-refractivity contribution in [1.82, 2.24) is 4.98 Å². The molecule has 0 aliphatic carbocycles. The Balaban J connectivity index is 2.53. The summed E-state index contributed by atoms with van der Waals surface area (Å²) in [6.07, 6.45) is -2.89. The first-order valence-corrected chi connectivity index (χ1v) is 5.82. The van der Waals surface area contributed by atoms with Crippen molar-refractivity contribution in [3.8, 4) is 0 Å². The van der Waals surface area contributed by atoms with Crippen LogP contribution < -0.4 is 0 Å². The van der Waals surface area contributed by atoms with E-state index in [1.807, 2.05) is 0 Å². The van der Waals surface area contributed by atoms with Gasteiger partial charge in [0.25, 0.3) is 0 Å². The molecule has 0 unspecified atom stereocenters. The number of carbonyl (C=O) groups excluding carboxylic acids is 1. The van der Waals surface area contributed by atoms with Crippen molar-refractivity contribution in [2.75, 3.05) is 0 Å². The summed E-state index contributed by atoms with van der Waals surface area (Å²) in [5.74, 6) is -0.382. The van der Waals surface area contributed by atoms with E-state index < -0.39 is 17.5 Å². The Labute approximate surface area is 109 Å². The second-order valence-electron chi connectivity index (χ2n) is 5.14. The lowest BCUT2D eigenvalue weighted by Crippen LogP contribution is -2.24. The fourth-order valence-electron chi connectivity index (χ4n) is 1.38. The number of esters is 1. The van der Waals surface area contributed by atoms with Gasteiger partial charge in [0.15, 0.2) is 0 Å². The van der Waals surface area contributed by atoms with Gasteiger partial charge in [-0.25, -0.2) is 0 Å². The molecule has 0 aromatic carbocycles. The number of hydrogen-bond acceptors (Lipinski definition) is 3. The molecule has 3 nitrogen and oxygen atoms in total. The SMILES string of the molecule is CC(C)(C)OC(=O)CCc1ccc(C(F)(F)F)nc1. The van der Waals surface area contributed by atoms with Crippen LogP contribution in [0.25, 0.3) is 0 Å². The molecule has 106 valence electrons. The van der Waals surface area contributed by atoms with Crippen LogP contribution in [0, 0.1) is 0 Å². The number of pyridine rings is 1. The maximum atomic E-state index is 12.3. The molecular formula is C13H16F3NO2. The zero-order chi connectivity index (χ0) is 14.7. The lowest BCUT2D eigenvalue weighted by Gasteiger charge is -2.19. The fraction of sp³-hybridized carbons (Fsp3) is 0.538. The summed E-state index contributed by atoms with van der Waals surface area (Å²) in [5, 5.41) is 0. The number of halogens is 3. The fourth-order valence-corrected chi connectivity index (χ4v) is 1.38. The summed E-state index contributed by atoms with van der Waals surface area (Å²) in [6, 6.07) is 2.23. The molecule has 6 heteroatoms. The molecule has 0 fully saturated rings. The summed E-state index contributed by atoms with van der Waals surface area (Å²) in [6.45, 7) is 5.26. The number of hydrogen-bond donors (Lipinski definition) is 0. The van der Waals surface area contributed by atoms with Gasteiger partial charge in [0.2, 0.25) is 0 Å². The summed E-state index contributed by atoms with van der Waals surface area (Å²) in [5.41, 5.74) is -0.928. The Bertz CT molecular complexity index is 433. The van der Waals surface area contributed by atoms with E-state index in [0.29, 0.717) is 12.0 Å². The maximum Gasteiger partial charge on any atom is 0.433 e. The van der Waals surface area contributed by atoms with E-state index in [1.54, 1.807) is 20.8 Å². The highest BCUT2D eigenvalue weighted by Crippen LogP contribution is 2.27. The molecule has 0 atom stereocenters. The van der Waals surface area contributed by atoms with Crippen molar-refractivity contribution < 1.29 is 22.7 Å². The Morgan fingerprint density at radius 3 is 2.32 bits per heavy atom. The molecule has 0 amide bonds. The van der Waals surface area contributed by atoms with Crippen molar-refractivity contribution in [1.29, 1.82) is 0 Å². The highest BCUT2D eigenvalue weighted by Gasteiger charge is 2.32. The Kier molecular flexibility index (Phi) is 4.55. The van der Waals surface area contributed by atoms with E-state index in [0.717, 1.165) is 12.3 Å². The third-order valence-electron chi connectivity index (χ3n) is 2.15. The lowest BCUT2D eigenvalue weighted by atomic mass is 10.1. The molecular weight excluding hydrogens is 259 g/mol. The Morgan fingerprint density at radius 2 is 1.89 bits per heavy atom. The average Bonchev–Trinajstić information content (AvgIpc) is 2.23. The quantitative estimate of drug-likeness (QED) is 0.794. The zero-order valence-electron chi connectivity index (χ0n) is 11.0. The first-order valence-electron chi connectivity index (χ1n) is 5.82. The molecule has 1 aromatic rings. The molecule has 1 aromatic heterocycles. The largest absolute Gasteiger partial charge is 0.460 e. The van der Waals surface area contributed by atoms with Crippen LogP contribution in [0.3, 0.4) is 0 Å². The first-order chi connectivity index (χ1) is 8.58. The van der Waals surface area contributed by atoms with Gasteiger partial charge in [-0.3, -0.25) is 9.78 Å². The van der Waals surface area contributed by atoms with Gasteiger partial charge in [-0.05, 0) is 38.8 Å². The van der Waals surface area contributed by atoms with E-state index in [1.165, 1.54) is 6.07 Å². The number of aryl methyl sites for hydroxylation is 1. The van der Waals surface area contributed by atoms with Gasteiger partial charge >= 0.3 is 12.1 Å². The van der Waals surface area contributed by atoms with Crippen molar-refractivity contribution in [3.05, 3.63) is 29.6 Å². The van der Waals surface area contributed by atoms with Crippen LogP contribution in [0.2, 0.25) is 0 Å². The highest BCUT2D eigenvalue weighted by atomic mass is 19.4. The first kappa shape index (κ1) is 15.5. The minimum atomic E-state index is -4.44. The van der Waals surface area contributed by atoms with E-state index >= 15 is 0 Å². The highest BCUT2D eigenvalue weighted by molar-refractivity contribution is 5.70. The minimum absolute atomic E-state index is 0.115. The van der Waals surface area contributed by atoms with Gasteiger partial charge in [0.05, 0.1) is 0 Å². The van der Waals surface area contributed by atoms with E-state index in [-0.39, 0.29) is 12.4 Å². The van der Waals surface area contributed by atoms with Crippen LogP contribution in [0.5, 0.6) is 0 Å². The summed E-state index contributed by atoms with van der Waals surface area (Å²) >= 11 is 0. The molecule has 0 spiro atoms. The topological polar surface area (TPSA) is 39.2 Å². The molecule has 0 aliphatic heterocycles. The van der Waals surface area contributed by atoms with Gasteiger partial charge in [-0.1, -0.05) is 6.07 Å². The normalized spacial score (nSPS) is 12.3. The second kappa shape index (κ2) is 5.59. The smallest absolute Gasteiger partial charge is 0.433 e. The number of aromatic nitrogens is 1. The van der Waals surface area contributed by atoms with Gasteiger partial charge < -0.3 is 4.74 Å². The number of alkyl halides is 3. The molecule has 0 saturated carbocycles. The van der Waals surface area contributed by atoms with Gasteiger partial charge in [-0.2, -0.15) is 13.2 Å². The molecule has 0 saturated heterocycles. The third-order valence-corrected chi connectivity index (χ3v) is 2.15. The Morgan fingerprint density at radius 1 is 1.26 bits per heavy atom. The molecule has 1 heterocycles. The van der Waals surface area contributed by atoms with Crippen LogP contribution in [-0.4, -0.2) is 16.6 Å². The van der Waals surface area contributed by atoms with E-state index in [4.69, 9.17) is 4.74 Å². The van der Waals surface area contributed by atoms with Crippen LogP contribution in [0.4, 0.5) is 13.2 Å². The van der Waals surface area contributed by atoms with Gasteiger partial charge in [-0.15, -0.1) is 0 Å².